The van der Waals surface area contributed by atoms with Crippen molar-refractivity contribution < 1.29 is 4.39 Å². The fourth-order valence-corrected chi connectivity index (χ4v) is 1.81. The fraction of sp³-hybridized carbons (Fsp3) is 0. The molecule has 3 aromatic rings. The lowest BCUT2D eigenvalue weighted by molar-refractivity contribution is 0.627. The number of rotatable bonds is 3. The van der Waals surface area contributed by atoms with Gasteiger partial charge in [-0.2, -0.15) is 9.78 Å². The van der Waals surface area contributed by atoms with Crippen LogP contribution < -0.4 is 0 Å². The summed E-state index contributed by atoms with van der Waals surface area (Å²) in [6, 6.07) is 15.9. The average molecular weight is 266 g/mol. The topological polar surface area (TPSA) is 43.1 Å². The number of hydrogen-bond donors (Lipinski definition) is 0. The van der Waals surface area contributed by atoms with Gasteiger partial charge in [-0.25, -0.2) is 4.39 Å². The van der Waals surface area contributed by atoms with Crippen molar-refractivity contribution in [3.8, 4) is 11.4 Å². The largest absolute Gasteiger partial charge is 0.207 e. The average Bonchev–Trinajstić information content (AvgIpc) is 2.95. The molecular formula is C15H11FN4. The van der Waals surface area contributed by atoms with E-state index in [1.54, 1.807) is 23.0 Å². The molecule has 0 atom stereocenters. The lowest BCUT2D eigenvalue weighted by Gasteiger charge is -2.00. The zero-order chi connectivity index (χ0) is 13.8. The van der Waals surface area contributed by atoms with E-state index in [4.69, 9.17) is 0 Å². The molecule has 0 fully saturated rings. The quantitative estimate of drug-likeness (QED) is 0.684. The second-order valence-electron chi connectivity index (χ2n) is 4.16. The molecule has 0 radical (unpaired) electrons. The van der Waals surface area contributed by atoms with Crippen molar-refractivity contribution in [2.75, 3.05) is 0 Å². The van der Waals surface area contributed by atoms with Gasteiger partial charge in [-0.1, -0.05) is 42.5 Å². The SMILES string of the molecule is Fc1cccc(/C=N\n2cnnc2-c2ccccc2)c1. The first kappa shape index (κ1) is 12.2. The maximum atomic E-state index is 13.1. The Morgan fingerprint density at radius 1 is 1.05 bits per heavy atom. The van der Waals surface area contributed by atoms with Crippen LogP contribution in [0, 0.1) is 5.82 Å². The van der Waals surface area contributed by atoms with Crippen molar-refractivity contribution in [1.82, 2.24) is 14.9 Å². The lowest BCUT2D eigenvalue weighted by atomic mass is 10.2. The molecular weight excluding hydrogens is 255 g/mol. The molecule has 0 aliphatic heterocycles. The van der Waals surface area contributed by atoms with Crippen LogP contribution in [0.2, 0.25) is 0 Å². The van der Waals surface area contributed by atoms with Gasteiger partial charge in [0.15, 0.2) is 5.82 Å². The van der Waals surface area contributed by atoms with Crippen LogP contribution in [0.25, 0.3) is 11.4 Å². The summed E-state index contributed by atoms with van der Waals surface area (Å²) in [6.45, 7) is 0. The minimum atomic E-state index is -0.291. The summed E-state index contributed by atoms with van der Waals surface area (Å²) in [5.74, 6) is 0.347. The molecule has 4 nitrogen and oxygen atoms in total. The minimum absolute atomic E-state index is 0.291. The van der Waals surface area contributed by atoms with Crippen LogP contribution in [0.3, 0.4) is 0 Å². The van der Waals surface area contributed by atoms with Crippen LogP contribution in [0.1, 0.15) is 5.56 Å². The Kier molecular flexibility index (Phi) is 3.33. The highest BCUT2D eigenvalue weighted by molar-refractivity contribution is 5.79. The normalized spacial score (nSPS) is 11.1. The molecule has 0 amide bonds. The summed E-state index contributed by atoms with van der Waals surface area (Å²) < 4.78 is 14.6. The maximum Gasteiger partial charge on any atom is 0.184 e. The summed E-state index contributed by atoms with van der Waals surface area (Å²) in [4.78, 5) is 0. The molecule has 0 saturated carbocycles. The predicted octanol–water partition coefficient (Wildman–Crippen LogP) is 2.97. The Hall–Kier alpha value is -2.82. The highest BCUT2D eigenvalue weighted by atomic mass is 19.1. The van der Waals surface area contributed by atoms with E-state index in [-0.39, 0.29) is 5.82 Å². The van der Waals surface area contributed by atoms with E-state index >= 15 is 0 Å². The first-order valence-corrected chi connectivity index (χ1v) is 6.08. The van der Waals surface area contributed by atoms with Gasteiger partial charge in [0.25, 0.3) is 0 Å². The summed E-state index contributed by atoms with van der Waals surface area (Å²) in [6.07, 6.45) is 3.08. The number of benzene rings is 2. The molecule has 0 saturated heterocycles. The van der Waals surface area contributed by atoms with E-state index < -0.39 is 0 Å². The van der Waals surface area contributed by atoms with Gasteiger partial charge in [0.05, 0.1) is 6.21 Å². The third kappa shape index (κ3) is 2.61. The number of hydrogen-bond acceptors (Lipinski definition) is 3. The predicted molar refractivity (Wildman–Crippen MR) is 74.9 cm³/mol. The molecule has 1 aromatic heterocycles. The van der Waals surface area contributed by atoms with Crippen molar-refractivity contribution in [2.45, 2.75) is 0 Å². The third-order valence-electron chi connectivity index (χ3n) is 2.74. The standard InChI is InChI=1S/C15H11FN4/c16-14-8-4-5-12(9-14)10-18-20-11-17-19-15(20)13-6-2-1-3-7-13/h1-11H/b18-10-. The van der Waals surface area contributed by atoms with Crippen molar-refractivity contribution in [1.29, 1.82) is 0 Å². The summed E-state index contributed by atoms with van der Waals surface area (Å²) in [5.41, 5.74) is 1.60. The highest BCUT2D eigenvalue weighted by Gasteiger charge is 2.04. The van der Waals surface area contributed by atoms with Crippen LogP contribution in [-0.4, -0.2) is 21.1 Å². The first-order valence-electron chi connectivity index (χ1n) is 6.08. The summed E-state index contributed by atoms with van der Waals surface area (Å²) >= 11 is 0. The van der Waals surface area contributed by atoms with Gasteiger partial charge in [0, 0.05) is 5.56 Å². The van der Waals surface area contributed by atoms with Gasteiger partial charge >= 0.3 is 0 Å². The second-order valence-corrected chi connectivity index (χ2v) is 4.16. The molecule has 0 aliphatic carbocycles. The van der Waals surface area contributed by atoms with Gasteiger partial charge in [-0.3, -0.25) is 0 Å². The van der Waals surface area contributed by atoms with E-state index in [0.29, 0.717) is 11.4 Å². The van der Waals surface area contributed by atoms with Crippen LogP contribution in [0.15, 0.2) is 66.0 Å². The van der Waals surface area contributed by atoms with Crippen LogP contribution in [0.5, 0.6) is 0 Å². The molecule has 3 rings (SSSR count). The van der Waals surface area contributed by atoms with Crippen molar-refractivity contribution >= 4 is 6.21 Å². The van der Waals surface area contributed by atoms with Crippen molar-refractivity contribution in [3.05, 3.63) is 72.3 Å². The number of aromatic nitrogens is 3. The maximum absolute atomic E-state index is 13.1. The van der Waals surface area contributed by atoms with Gasteiger partial charge in [-0.05, 0) is 17.7 Å². The highest BCUT2D eigenvalue weighted by Crippen LogP contribution is 2.15. The minimum Gasteiger partial charge on any atom is -0.207 e. The molecule has 0 spiro atoms. The van der Waals surface area contributed by atoms with Gasteiger partial charge < -0.3 is 0 Å². The van der Waals surface area contributed by atoms with E-state index in [1.165, 1.54) is 18.5 Å². The van der Waals surface area contributed by atoms with E-state index in [1.807, 2.05) is 30.3 Å². The molecule has 20 heavy (non-hydrogen) atoms. The van der Waals surface area contributed by atoms with Gasteiger partial charge in [0.1, 0.15) is 12.1 Å². The lowest BCUT2D eigenvalue weighted by Crippen LogP contribution is -1.93. The molecule has 0 bridgehead atoms. The Bertz CT molecular complexity index is 734. The molecule has 0 unspecified atom stereocenters. The Balaban J connectivity index is 1.91. The monoisotopic (exact) mass is 266 g/mol. The van der Waals surface area contributed by atoms with E-state index in [2.05, 4.69) is 15.3 Å². The molecule has 5 heteroatoms. The van der Waals surface area contributed by atoms with Crippen LogP contribution in [-0.2, 0) is 0 Å². The Morgan fingerprint density at radius 2 is 1.90 bits per heavy atom. The molecule has 0 N–H and O–H groups in total. The zero-order valence-electron chi connectivity index (χ0n) is 10.5. The van der Waals surface area contributed by atoms with Crippen molar-refractivity contribution in [3.63, 3.8) is 0 Å². The third-order valence-corrected chi connectivity index (χ3v) is 2.74. The first-order chi connectivity index (χ1) is 9.83. The zero-order valence-corrected chi connectivity index (χ0v) is 10.5. The van der Waals surface area contributed by atoms with Crippen LogP contribution in [0.4, 0.5) is 4.39 Å². The molecule has 98 valence electrons. The summed E-state index contributed by atoms with van der Waals surface area (Å²) in [7, 11) is 0. The smallest absolute Gasteiger partial charge is 0.184 e. The van der Waals surface area contributed by atoms with E-state index in [9.17, 15) is 4.39 Å². The number of nitrogens with zero attached hydrogens (tertiary/aromatic N) is 4. The van der Waals surface area contributed by atoms with Gasteiger partial charge in [0.2, 0.25) is 0 Å². The Labute approximate surface area is 115 Å². The molecule has 0 aliphatic rings. The Morgan fingerprint density at radius 3 is 2.70 bits per heavy atom. The molecule has 1 heterocycles. The number of halogens is 1. The fourth-order valence-electron chi connectivity index (χ4n) is 1.81. The van der Waals surface area contributed by atoms with E-state index in [0.717, 1.165) is 5.56 Å². The van der Waals surface area contributed by atoms with Crippen molar-refractivity contribution in [2.24, 2.45) is 5.10 Å². The van der Waals surface area contributed by atoms with Gasteiger partial charge in [-0.15, -0.1) is 10.2 Å². The second kappa shape index (κ2) is 5.44. The summed E-state index contributed by atoms with van der Waals surface area (Å²) in [5, 5.41) is 12.1. The van der Waals surface area contributed by atoms with Crippen LogP contribution >= 0.6 is 0 Å². The molecule has 2 aromatic carbocycles.